The zero-order valence-corrected chi connectivity index (χ0v) is 19.1. The summed E-state index contributed by atoms with van der Waals surface area (Å²) in [6, 6.07) is 12.7. The van der Waals surface area contributed by atoms with Crippen LogP contribution in [-0.4, -0.2) is 45.7 Å². The van der Waals surface area contributed by atoms with Gasteiger partial charge in [0.25, 0.3) is 0 Å². The predicted octanol–water partition coefficient (Wildman–Crippen LogP) is 3.06. The Labute approximate surface area is 187 Å². The highest BCUT2D eigenvalue weighted by atomic mass is 32.2. The average Bonchev–Trinajstić information content (AvgIpc) is 3.26. The fourth-order valence-electron chi connectivity index (χ4n) is 3.11. The van der Waals surface area contributed by atoms with Crippen LogP contribution >= 0.6 is 0 Å². The lowest BCUT2D eigenvalue weighted by atomic mass is 10.1. The Morgan fingerprint density at radius 1 is 1.09 bits per heavy atom. The molecule has 0 spiro atoms. The molecule has 0 amide bonds. The van der Waals surface area contributed by atoms with Crippen LogP contribution in [0.25, 0.3) is 17.1 Å². The van der Waals surface area contributed by atoms with E-state index >= 15 is 0 Å². The molecule has 0 aliphatic rings. The van der Waals surface area contributed by atoms with Crippen LogP contribution in [0, 0.1) is 5.92 Å². The van der Waals surface area contributed by atoms with Crippen LogP contribution in [0.15, 0.2) is 53.4 Å². The maximum absolute atomic E-state index is 12.6. The first kappa shape index (κ1) is 23.6. The van der Waals surface area contributed by atoms with Crippen LogP contribution in [0.1, 0.15) is 39.2 Å². The molecule has 3 rings (SSSR count). The molecule has 0 aliphatic carbocycles. The largest absolute Gasteiger partial charge is 0.480 e. The monoisotopic (exact) mass is 457 g/mol. The number of aliphatic carboxylic acids is 1. The van der Waals surface area contributed by atoms with Gasteiger partial charge in [0.2, 0.25) is 15.8 Å². The highest BCUT2D eigenvalue weighted by molar-refractivity contribution is 7.89. The van der Waals surface area contributed by atoms with Gasteiger partial charge in [-0.3, -0.25) is 4.79 Å². The molecule has 1 unspecified atom stereocenters. The molecule has 1 atom stereocenters. The molecule has 0 fully saturated rings. The number of aromatic nitrogens is 4. The number of rotatable bonds is 10. The van der Waals surface area contributed by atoms with Gasteiger partial charge in [0.05, 0.1) is 10.6 Å². The van der Waals surface area contributed by atoms with Crippen molar-refractivity contribution in [2.24, 2.45) is 5.92 Å². The number of hydrogen-bond donors (Lipinski definition) is 2. The zero-order chi connectivity index (χ0) is 23.3. The summed E-state index contributed by atoms with van der Waals surface area (Å²) in [4.78, 5) is 12.6. The van der Waals surface area contributed by atoms with Gasteiger partial charge in [-0.1, -0.05) is 51.5 Å². The first-order valence-corrected chi connectivity index (χ1v) is 11.9. The predicted molar refractivity (Wildman–Crippen MR) is 120 cm³/mol. The van der Waals surface area contributed by atoms with Crippen molar-refractivity contribution in [1.29, 1.82) is 0 Å². The zero-order valence-electron chi connectivity index (χ0n) is 18.3. The highest BCUT2D eigenvalue weighted by Crippen LogP contribution is 2.18. The van der Waals surface area contributed by atoms with E-state index in [-0.39, 0.29) is 4.90 Å². The number of nitrogens with zero attached hydrogens (tertiary/aromatic N) is 4. The van der Waals surface area contributed by atoms with Gasteiger partial charge in [-0.05, 0) is 53.8 Å². The fraction of sp³-hybridized carbons (Fsp3) is 0.364. The van der Waals surface area contributed by atoms with Gasteiger partial charge in [0.15, 0.2) is 0 Å². The first-order valence-electron chi connectivity index (χ1n) is 10.5. The SMILES string of the molecule is CCCCc1ccc(-c2nnn(-c3ccc(S(=O)(=O)NC(C(=O)O)C(C)C)cc3)n2)cc1. The summed E-state index contributed by atoms with van der Waals surface area (Å²) in [5.41, 5.74) is 2.63. The summed E-state index contributed by atoms with van der Waals surface area (Å²) < 4.78 is 27.3. The summed E-state index contributed by atoms with van der Waals surface area (Å²) in [5.74, 6) is -1.16. The maximum Gasteiger partial charge on any atom is 0.322 e. The van der Waals surface area contributed by atoms with E-state index in [9.17, 15) is 18.3 Å². The van der Waals surface area contributed by atoms with E-state index in [4.69, 9.17) is 0 Å². The van der Waals surface area contributed by atoms with Gasteiger partial charge < -0.3 is 5.11 Å². The summed E-state index contributed by atoms with van der Waals surface area (Å²) in [6.45, 7) is 5.43. The van der Waals surface area contributed by atoms with Crippen molar-refractivity contribution in [3.05, 3.63) is 54.1 Å². The Balaban J connectivity index is 1.75. The van der Waals surface area contributed by atoms with Crippen molar-refractivity contribution in [3.63, 3.8) is 0 Å². The number of carboxylic acids is 1. The Morgan fingerprint density at radius 3 is 2.31 bits per heavy atom. The van der Waals surface area contributed by atoms with Crippen molar-refractivity contribution in [2.75, 3.05) is 0 Å². The van der Waals surface area contributed by atoms with E-state index in [0.29, 0.717) is 11.5 Å². The molecule has 1 heterocycles. The van der Waals surface area contributed by atoms with Gasteiger partial charge in [-0.25, -0.2) is 8.42 Å². The normalized spacial score (nSPS) is 12.8. The number of carbonyl (C=O) groups is 1. The smallest absolute Gasteiger partial charge is 0.322 e. The molecule has 9 nitrogen and oxygen atoms in total. The lowest BCUT2D eigenvalue weighted by Gasteiger charge is -2.18. The number of hydrogen-bond acceptors (Lipinski definition) is 6. The Kier molecular flexibility index (Phi) is 7.37. The van der Waals surface area contributed by atoms with Crippen molar-refractivity contribution < 1.29 is 18.3 Å². The van der Waals surface area contributed by atoms with E-state index in [0.717, 1.165) is 24.8 Å². The summed E-state index contributed by atoms with van der Waals surface area (Å²) in [5, 5.41) is 21.8. The van der Waals surface area contributed by atoms with Crippen molar-refractivity contribution in [1.82, 2.24) is 24.9 Å². The number of sulfonamides is 1. The number of aryl methyl sites for hydroxylation is 1. The number of unbranched alkanes of at least 4 members (excludes halogenated alkanes) is 1. The molecule has 0 saturated heterocycles. The molecule has 3 aromatic rings. The van der Waals surface area contributed by atoms with Crippen LogP contribution < -0.4 is 4.72 Å². The number of carboxylic acid groups (broad SMARTS) is 1. The van der Waals surface area contributed by atoms with Gasteiger partial charge in [0.1, 0.15) is 6.04 Å². The molecule has 170 valence electrons. The molecule has 10 heteroatoms. The molecule has 0 radical (unpaired) electrons. The third kappa shape index (κ3) is 5.57. The van der Waals surface area contributed by atoms with Crippen LogP contribution in [-0.2, 0) is 21.2 Å². The Bertz CT molecular complexity index is 1160. The third-order valence-electron chi connectivity index (χ3n) is 5.04. The van der Waals surface area contributed by atoms with E-state index in [1.807, 2.05) is 12.1 Å². The molecule has 2 N–H and O–H groups in total. The second-order valence-electron chi connectivity index (χ2n) is 7.88. The second-order valence-corrected chi connectivity index (χ2v) is 9.59. The second kappa shape index (κ2) is 10.0. The number of benzene rings is 2. The molecular weight excluding hydrogens is 430 g/mol. The number of tetrazole rings is 1. The van der Waals surface area contributed by atoms with Crippen molar-refractivity contribution >= 4 is 16.0 Å². The molecule has 0 aliphatic heterocycles. The molecular formula is C22H27N5O4S. The van der Waals surface area contributed by atoms with Crippen LogP contribution in [0.2, 0.25) is 0 Å². The lowest BCUT2D eigenvalue weighted by Crippen LogP contribution is -2.44. The van der Waals surface area contributed by atoms with Crippen LogP contribution in [0.3, 0.4) is 0 Å². The van der Waals surface area contributed by atoms with E-state index in [1.165, 1.54) is 22.5 Å². The van der Waals surface area contributed by atoms with Gasteiger partial charge in [0, 0.05) is 5.56 Å². The maximum atomic E-state index is 12.6. The van der Waals surface area contributed by atoms with Gasteiger partial charge >= 0.3 is 5.97 Å². The highest BCUT2D eigenvalue weighted by Gasteiger charge is 2.28. The van der Waals surface area contributed by atoms with Crippen LogP contribution in [0.5, 0.6) is 0 Å². The standard InChI is InChI=1S/C22H27N5O4S/c1-4-5-6-16-7-9-17(10-8-16)21-23-26-27(24-21)18-11-13-19(14-12-18)32(30,31)25-20(15(2)3)22(28)29/h7-15,20,25H,4-6H2,1-3H3,(H,28,29). The quantitative estimate of drug-likeness (QED) is 0.479. The summed E-state index contributed by atoms with van der Waals surface area (Å²) in [6.07, 6.45) is 3.32. The minimum absolute atomic E-state index is 0.0452. The Morgan fingerprint density at radius 2 is 1.75 bits per heavy atom. The first-order chi connectivity index (χ1) is 15.2. The number of nitrogens with one attached hydrogen (secondary N) is 1. The van der Waals surface area contributed by atoms with E-state index in [1.54, 1.807) is 26.0 Å². The Hall–Kier alpha value is -3.11. The molecule has 2 aromatic carbocycles. The molecule has 0 saturated carbocycles. The van der Waals surface area contributed by atoms with Gasteiger partial charge in [-0.15, -0.1) is 15.0 Å². The third-order valence-corrected chi connectivity index (χ3v) is 6.49. The molecule has 32 heavy (non-hydrogen) atoms. The molecule has 0 bridgehead atoms. The minimum atomic E-state index is -3.99. The van der Waals surface area contributed by atoms with Crippen molar-refractivity contribution in [2.45, 2.75) is 51.0 Å². The molecule has 1 aromatic heterocycles. The van der Waals surface area contributed by atoms with Crippen LogP contribution in [0.4, 0.5) is 0 Å². The van der Waals surface area contributed by atoms with E-state index in [2.05, 4.69) is 39.2 Å². The van der Waals surface area contributed by atoms with Gasteiger partial charge in [-0.2, -0.15) is 4.72 Å². The van der Waals surface area contributed by atoms with Crippen molar-refractivity contribution in [3.8, 4) is 17.1 Å². The topological polar surface area (TPSA) is 127 Å². The lowest BCUT2D eigenvalue weighted by molar-refractivity contribution is -0.140. The average molecular weight is 458 g/mol. The summed E-state index contributed by atoms with van der Waals surface area (Å²) in [7, 11) is -3.99. The van der Waals surface area contributed by atoms with E-state index < -0.39 is 28.0 Å². The fourth-order valence-corrected chi connectivity index (χ4v) is 4.44. The summed E-state index contributed by atoms with van der Waals surface area (Å²) >= 11 is 0. The minimum Gasteiger partial charge on any atom is -0.480 e.